The Balaban J connectivity index is 2.50. The van der Waals surface area contributed by atoms with Crippen LogP contribution in [0.4, 0.5) is 0 Å². The molecule has 0 bridgehead atoms. The van der Waals surface area contributed by atoms with Gasteiger partial charge in [-0.15, -0.1) is 5.10 Å². The van der Waals surface area contributed by atoms with Crippen LogP contribution in [0.3, 0.4) is 0 Å². The molecule has 2 rings (SSSR count). The second kappa shape index (κ2) is 2.05. The highest BCUT2D eigenvalue weighted by molar-refractivity contribution is 5.86. The van der Waals surface area contributed by atoms with Crippen LogP contribution in [0, 0.1) is 0 Å². The summed E-state index contributed by atoms with van der Waals surface area (Å²) in [5, 5.41) is 15.9. The fourth-order valence-electron chi connectivity index (χ4n) is 1.32. The smallest absolute Gasteiger partial charge is 0.358 e. The molecule has 0 fully saturated rings. The predicted molar refractivity (Wildman–Crippen MR) is 35.3 cm³/mol. The van der Waals surface area contributed by atoms with Gasteiger partial charge in [-0.1, -0.05) is 5.21 Å². The van der Waals surface area contributed by atoms with Crippen molar-refractivity contribution in [1.82, 2.24) is 15.0 Å². The SMILES string of the molecule is O=C(O)c1nnn2c1CCC2. The number of aromatic nitrogens is 3. The van der Waals surface area contributed by atoms with Gasteiger partial charge in [0.25, 0.3) is 0 Å². The van der Waals surface area contributed by atoms with Crippen LogP contribution < -0.4 is 0 Å². The molecule has 1 aliphatic rings. The van der Waals surface area contributed by atoms with Gasteiger partial charge in [-0.05, 0) is 12.8 Å². The van der Waals surface area contributed by atoms with Gasteiger partial charge >= 0.3 is 5.97 Å². The first kappa shape index (κ1) is 6.33. The highest BCUT2D eigenvalue weighted by Crippen LogP contribution is 2.15. The Morgan fingerprint density at radius 1 is 1.64 bits per heavy atom. The maximum atomic E-state index is 10.5. The summed E-state index contributed by atoms with van der Waals surface area (Å²) in [5.74, 6) is -0.979. The Morgan fingerprint density at radius 3 is 3.18 bits per heavy atom. The highest BCUT2D eigenvalue weighted by atomic mass is 16.4. The Bertz CT molecular complexity index is 305. The van der Waals surface area contributed by atoms with Crippen LogP contribution >= 0.6 is 0 Å². The topological polar surface area (TPSA) is 68.0 Å². The number of carboxylic acids is 1. The van der Waals surface area contributed by atoms with E-state index in [-0.39, 0.29) is 5.69 Å². The van der Waals surface area contributed by atoms with Gasteiger partial charge in [-0.3, -0.25) is 0 Å². The molecule has 0 aliphatic carbocycles. The Labute approximate surface area is 62.6 Å². The van der Waals surface area contributed by atoms with Gasteiger partial charge in [-0.25, -0.2) is 9.48 Å². The van der Waals surface area contributed by atoms with Crippen molar-refractivity contribution in [1.29, 1.82) is 0 Å². The molecule has 0 saturated carbocycles. The van der Waals surface area contributed by atoms with E-state index < -0.39 is 5.97 Å². The average Bonchev–Trinajstić information content (AvgIpc) is 2.41. The van der Waals surface area contributed by atoms with Gasteiger partial charge < -0.3 is 5.11 Å². The standard InChI is InChI=1S/C6H7N3O2/c10-6(11)5-4-2-1-3-9(4)8-7-5/h1-3H2,(H,10,11). The minimum atomic E-state index is -0.979. The van der Waals surface area contributed by atoms with Gasteiger partial charge in [0, 0.05) is 6.54 Å². The van der Waals surface area contributed by atoms with Crippen LogP contribution in [0.5, 0.6) is 0 Å². The predicted octanol–water partition coefficient (Wildman–Crippen LogP) is -0.0775. The van der Waals surface area contributed by atoms with E-state index >= 15 is 0 Å². The summed E-state index contributed by atoms with van der Waals surface area (Å²) in [6, 6.07) is 0. The number of carbonyl (C=O) groups is 1. The monoisotopic (exact) mass is 153 g/mol. The molecule has 0 aromatic carbocycles. The zero-order valence-electron chi connectivity index (χ0n) is 5.82. The second-order valence-corrected chi connectivity index (χ2v) is 2.52. The number of hydrogen-bond donors (Lipinski definition) is 1. The van der Waals surface area contributed by atoms with Crippen molar-refractivity contribution in [2.24, 2.45) is 0 Å². The Morgan fingerprint density at radius 2 is 2.45 bits per heavy atom. The molecule has 5 nitrogen and oxygen atoms in total. The molecule has 2 heterocycles. The number of fused-ring (bicyclic) bond motifs is 1. The second-order valence-electron chi connectivity index (χ2n) is 2.52. The average molecular weight is 153 g/mol. The van der Waals surface area contributed by atoms with Gasteiger partial charge in [0.2, 0.25) is 0 Å². The van der Waals surface area contributed by atoms with Gasteiger partial charge in [0.15, 0.2) is 5.69 Å². The largest absolute Gasteiger partial charge is 0.476 e. The lowest BCUT2D eigenvalue weighted by atomic mass is 10.2. The van der Waals surface area contributed by atoms with Crippen molar-refractivity contribution in [2.75, 3.05) is 0 Å². The fraction of sp³-hybridized carbons (Fsp3) is 0.500. The molecule has 58 valence electrons. The number of carboxylic acid groups (broad SMARTS) is 1. The Hall–Kier alpha value is -1.39. The summed E-state index contributed by atoms with van der Waals surface area (Å²) in [4.78, 5) is 10.5. The van der Waals surface area contributed by atoms with Crippen LogP contribution in [0.25, 0.3) is 0 Å². The van der Waals surface area contributed by atoms with Crippen molar-refractivity contribution < 1.29 is 9.90 Å². The molecular weight excluding hydrogens is 146 g/mol. The maximum Gasteiger partial charge on any atom is 0.358 e. The molecule has 0 amide bonds. The van der Waals surface area contributed by atoms with Gasteiger partial charge in [-0.2, -0.15) is 0 Å². The Kier molecular flexibility index (Phi) is 1.18. The molecule has 5 heteroatoms. The summed E-state index contributed by atoms with van der Waals surface area (Å²) in [6.07, 6.45) is 1.76. The number of nitrogens with zero attached hydrogens (tertiary/aromatic N) is 3. The zero-order chi connectivity index (χ0) is 7.84. The number of hydrogen-bond acceptors (Lipinski definition) is 3. The first-order chi connectivity index (χ1) is 5.29. The van der Waals surface area contributed by atoms with E-state index in [0.717, 1.165) is 25.1 Å². The lowest BCUT2D eigenvalue weighted by Crippen LogP contribution is -2.00. The first-order valence-electron chi connectivity index (χ1n) is 3.44. The molecule has 1 N–H and O–H groups in total. The molecule has 0 saturated heterocycles. The third kappa shape index (κ3) is 0.806. The highest BCUT2D eigenvalue weighted by Gasteiger charge is 2.21. The molecule has 0 unspecified atom stereocenters. The minimum Gasteiger partial charge on any atom is -0.476 e. The van der Waals surface area contributed by atoms with E-state index in [0.29, 0.717) is 0 Å². The molecule has 1 aromatic heterocycles. The summed E-state index contributed by atoms with van der Waals surface area (Å²) >= 11 is 0. The fourth-order valence-corrected chi connectivity index (χ4v) is 1.32. The molecular formula is C6H7N3O2. The molecule has 0 atom stereocenters. The number of aryl methyl sites for hydroxylation is 1. The van der Waals surface area contributed by atoms with E-state index in [1.807, 2.05) is 0 Å². The molecule has 1 aromatic rings. The number of rotatable bonds is 1. The minimum absolute atomic E-state index is 0.113. The summed E-state index contributed by atoms with van der Waals surface area (Å²) < 4.78 is 1.66. The van der Waals surface area contributed by atoms with E-state index in [9.17, 15) is 4.79 Å². The van der Waals surface area contributed by atoms with Crippen LogP contribution in [-0.4, -0.2) is 26.1 Å². The molecule has 0 spiro atoms. The lowest BCUT2D eigenvalue weighted by molar-refractivity contribution is 0.0689. The summed E-state index contributed by atoms with van der Waals surface area (Å²) in [5.41, 5.74) is 0.875. The first-order valence-corrected chi connectivity index (χ1v) is 3.44. The third-order valence-electron chi connectivity index (χ3n) is 1.82. The van der Waals surface area contributed by atoms with Crippen LogP contribution in [0.15, 0.2) is 0 Å². The van der Waals surface area contributed by atoms with Crippen molar-refractivity contribution in [3.8, 4) is 0 Å². The zero-order valence-corrected chi connectivity index (χ0v) is 5.82. The molecule has 0 radical (unpaired) electrons. The van der Waals surface area contributed by atoms with Crippen LogP contribution in [0.1, 0.15) is 22.6 Å². The van der Waals surface area contributed by atoms with Gasteiger partial charge in [0.1, 0.15) is 0 Å². The van der Waals surface area contributed by atoms with Crippen molar-refractivity contribution in [3.05, 3.63) is 11.4 Å². The van der Waals surface area contributed by atoms with E-state index in [2.05, 4.69) is 10.3 Å². The van der Waals surface area contributed by atoms with E-state index in [1.54, 1.807) is 4.68 Å². The van der Waals surface area contributed by atoms with E-state index in [1.165, 1.54) is 0 Å². The molecule has 11 heavy (non-hydrogen) atoms. The van der Waals surface area contributed by atoms with E-state index in [4.69, 9.17) is 5.11 Å². The maximum absolute atomic E-state index is 10.5. The third-order valence-corrected chi connectivity index (χ3v) is 1.82. The van der Waals surface area contributed by atoms with Crippen molar-refractivity contribution in [3.63, 3.8) is 0 Å². The van der Waals surface area contributed by atoms with Crippen LogP contribution in [-0.2, 0) is 13.0 Å². The summed E-state index contributed by atoms with van der Waals surface area (Å²) in [6.45, 7) is 0.801. The quantitative estimate of drug-likeness (QED) is 0.612. The van der Waals surface area contributed by atoms with Crippen LogP contribution in [0.2, 0.25) is 0 Å². The number of aromatic carboxylic acids is 1. The van der Waals surface area contributed by atoms with Crippen molar-refractivity contribution in [2.45, 2.75) is 19.4 Å². The molecule has 1 aliphatic heterocycles. The normalized spacial score (nSPS) is 14.9. The lowest BCUT2D eigenvalue weighted by Gasteiger charge is -1.89. The van der Waals surface area contributed by atoms with Crippen molar-refractivity contribution >= 4 is 5.97 Å². The summed E-state index contributed by atoms with van der Waals surface area (Å²) in [7, 11) is 0. The van der Waals surface area contributed by atoms with Gasteiger partial charge in [0.05, 0.1) is 5.69 Å².